The lowest BCUT2D eigenvalue weighted by Gasteiger charge is -2.14. The fourth-order valence-corrected chi connectivity index (χ4v) is 1.65. The van der Waals surface area contributed by atoms with E-state index in [2.05, 4.69) is 5.32 Å². The van der Waals surface area contributed by atoms with E-state index >= 15 is 0 Å². The number of aliphatic hydroxyl groups excluding tert-OH is 2. The second-order valence-corrected chi connectivity index (χ2v) is 4.91. The summed E-state index contributed by atoms with van der Waals surface area (Å²) in [5.74, 6) is 0.685. The zero-order valence-corrected chi connectivity index (χ0v) is 11.9. The lowest BCUT2D eigenvalue weighted by Crippen LogP contribution is -2.33. The summed E-state index contributed by atoms with van der Waals surface area (Å²) in [5.41, 5.74) is 0. The average molecular weight is 288 g/mol. The summed E-state index contributed by atoms with van der Waals surface area (Å²) < 4.78 is 5.42. The van der Waals surface area contributed by atoms with Gasteiger partial charge in [0.15, 0.2) is 0 Å². The smallest absolute Gasteiger partial charge is 0.119 e. The van der Waals surface area contributed by atoms with E-state index in [1.54, 1.807) is 24.3 Å². The minimum absolute atomic E-state index is 0.227. The van der Waals surface area contributed by atoms with Crippen molar-refractivity contribution < 1.29 is 14.9 Å². The van der Waals surface area contributed by atoms with Crippen LogP contribution in [-0.2, 0) is 0 Å². The molecule has 0 saturated heterocycles. The third kappa shape index (κ3) is 7.38. The molecule has 0 aliphatic rings. The van der Waals surface area contributed by atoms with Crippen LogP contribution >= 0.6 is 11.6 Å². The van der Waals surface area contributed by atoms with Crippen molar-refractivity contribution in [2.75, 3.05) is 19.7 Å². The van der Waals surface area contributed by atoms with E-state index < -0.39 is 6.10 Å². The topological polar surface area (TPSA) is 61.7 Å². The molecule has 0 amide bonds. The van der Waals surface area contributed by atoms with Crippen molar-refractivity contribution in [1.29, 1.82) is 0 Å². The maximum atomic E-state index is 9.71. The maximum Gasteiger partial charge on any atom is 0.119 e. The Labute approximate surface area is 119 Å². The highest BCUT2D eigenvalue weighted by molar-refractivity contribution is 6.30. The Kier molecular flexibility index (Phi) is 7.82. The molecule has 0 heterocycles. The predicted octanol–water partition coefficient (Wildman–Crippen LogP) is 1.83. The molecule has 5 heteroatoms. The average Bonchev–Trinajstić information content (AvgIpc) is 2.42. The van der Waals surface area contributed by atoms with Gasteiger partial charge in [-0.15, -0.1) is 0 Å². The Morgan fingerprint density at radius 2 is 1.89 bits per heavy atom. The number of hydrogen-bond acceptors (Lipinski definition) is 4. The lowest BCUT2D eigenvalue weighted by atomic mass is 10.2. The highest BCUT2D eigenvalue weighted by atomic mass is 35.5. The molecular weight excluding hydrogens is 266 g/mol. The molecule has 2 atom stereocenters. The molecule has 0 radical (unpaired) electrons. The highest BCUT2D eigenvalue weighted by Crippen LogP contribution is 2.15. The van der Waals surface area contributed by atoms with Crippen LogP contribution in [0, 0.1) is 0 Å². The van der Waals surface area contributed by atoms with Crippen LogP contribution in [0.3, 0.4) is 0 Å². The number of aliphatic hydroxyl groups is 2. The molecule has 1 aromatic carbocycles. The SMILES string of the molecule is CCC(O)CCNCC(O)COc1ccc(Cl)cc1. The van der Waals surface area contributed by atoms with E-state index in [0.717, 1.165) is 6.42 Å². The third-order valence-corrected chi connectivity index (χ3v) is 3.01. The summed E-state index contributed by atoms with van der Waals surface area (Å²) in [7, 11) is 0. The fourth-order valence-electron chi connectivity index (χ4n) is 1.52. The van der Waals surface area contributed by atoms with Crippen LogP contribution in [0.1, 0.15) is 19.8 Å². The van der Waals surface area contributed by atoms with E-state index in [0.29, 0.717) is 30.3 Å². The molecule has 2 unspecified atom stereocenters. The number of rotatable bonds is 9. The van der Waals surface area contributed by atoms with Gasteiger partial charge in [-0.05, 0) is 43.7 Å². The van der Waals surface area contributed by atoms with E-state index in [1.165, 1.54) is 0 Å². The Morgan fingerprint density at radius 3 is 2.53 bits per heavy atom. The van der Waals surface area contributed by atoms with Crippen molar-refractivity contribution in [3.8, 4) is 5.75 Å². The molecule has 3 N–H and O–H groups in total. The molecule has 0 aromatic heterocycles. The first-order valence-electron chi connectivity index (χ1n) is 6.57. The second kappa shape index (κ2) is 9.15. The van der Waals surface area contributed by atoms with Gasteiger partial charge in [0.25, 0.3) is 0 Å². The molecule has 0 fully saturated rings. The molecule has 1 aromatic rings. The third-order valence-electron chi connectivity index (χ3n) is 2.76. The Hall–Kier alpha value is -0.810. The van der Waals surface area contributed by atoms with Crippen LogP contribution in [0.5, 0.6) is 5.75 Å². The van der Waals surface area contributed by atoms with Gasteiger partial charge < -0.3 is 20.3 Å². The summed E-state index contributed by atoms with van der Waals surface area (Å²) in [5, 5.41) is 22.8. The van der Waals surface area contributed by atoms with Gasteiger partial charge in [-0.25, -0.2) is 0 Å². The molecular formula is C14H22ClNO3. The minimum atomic E-state index is -0.575. The van der Waals surface area contributed by atoms with Crippen LogP contribution in [0.25, 0.3) is 0 Å². The van der Waals surface area contributed by atoms with Crippen molar-refractivity contribution >= 4 is 11.6 Å². The summed E-state index contributed by atoms with van der Waals surface area (Å²) in [4.78, 5) is 0. The molecule has 0 aliphatic carbocycles. The minimum Gasteiger partial charge on any atom is -0.491 e. The number of ether oxygens (including phenoxy) is 1. The molecule has 1 rings (SSSR count). The molecule has 19 heavy (non-hydrogen) atoms. The molecule has 0 aliphatic heterocycles. The predicted molar refractivity (Wildman–Crippen MR) is 76.7 cm³/mol. The van der Waals surface area contributed by atoms with Gasteiger partial charge in [0.1, 0.15) is 18.5 Å². The van der Waals surface area contributed by atoms with Gasteiger partial charge in [-0.2, -0.15) is 0 Å². The second-order valence-electron chi connectivity index (χ2n) is 4.47. The quantitative estimate of drug-likeness (QED) is 0.607. The zero-order valence-electron chi connectivity index (χ0n) is 11.2. The molecule has 0 bridgehead atoms. The summed E-state index contributed by atoms with van der Waals surface area (Å²) in [6.07, 6.45) is 0.606. The largest absolute Gasteiger partial charge is 0.491 e. The molecule has 0 spiro atoms. The Morgan fingerprint density at radius 1 is 1.21 bits per heavy atom. The number of benzene rings is 1. The van der Waals surface area contributed by atoms with E-state index in [1.807, 2.05) is 6.92 Å². The van der Waals surface area contributed by atoms with Crippen LogP contribution in [-0.4, -0.2) is 42.1 Å². The van der Waals surface area contributed by atoms with Gasteiger partial charge in [0.2, 0.25) is 0 Å². The summed E-state index contributed by atoms with van der Waals surface area (Å²) >= 11 is 5.76. The summed E-state index contributed by atoms with van der Waals surface area (Å²) in [6, 6.07) is 7.02. The first-order valence-corrected chi connectivity index (χ1v) is 6.94. The monoisotopic (exact) mass is 287 g/mol. The number of halogens is 1. The van der Waals surface area contributed by atoms with Gasteiger partial charge >= 0.3 is 0 Å². The standard InChI is InChI=1S/C14H22ClNO3/c1-2-12(17)7-8-16-9-13(18)10-19-14-5-3-11(15)4-6-14/h3-6,12-13,16-18H,2,7-10H2,1H3. The van der Waals surface area contributed by atoms with Crippen LogP contribution in [0.4, 0.5) is 0 Å². The van der Waals surface area contributed by atoms with Gasteiger partial charge in [-0.3, -0.25) is 0 Å². The fraction of sp³-hybridized carbons (Fsp3) is 0.571. The van der Waals surface area contributed by atoms with Gasteiger partial charge in [0, 0.05) is 11.6 Å². The first kappa shape index (κ1) is 16.2. The first-order chi connectivity index (χ1) is 9.11. The molecule has 108 valence electrons. The van der Waals surface area contributed by atoms with Crippen LogP contribution in [0.2, 0.25) is 5.02 Å². The van der Waals surface area contributed by atoms with Crippen molar-refractivity contribution in [3.05, 3.63) is 29.3 Å². The van der Waals surface area contributed by atoms with Gasteiger partial charge in [0.05, 0.1) is 6.10 Å². The Bertz CT molecular complexity index is 345. The number of nitrogens with one attached hydrogen (secondary N) is 1. The normalized spacial score (nSPS) is 14.1. The van der Waals surface area contributed by atoms with Gasteiger partial charge in [-0.1, -0.05) is 18.5 Å². The van der Waals surface area contributed by atoms with Crippen LogP contribution < -0.4 is 10.1 Å². The molecule has 0 saturated carbocycles. The van der Waals surface area contributed by atoms with E-state index in [9.17, 15) is 10.2 Å². The van der Waals surface area contributed by atoms with Crippen molar-refractivity contribution in [3.63, 3.8) is 0 Å². The van der Waals surface area contributed by atoms with Crippen molar-refractivity contribution in [1.82, 2.24) is 5.32 Å². The summed E-state index contributed by atoms with van der Waals surface area (Å²) in [6.45, 7) is 3.31. The lowest BCUT2D eigenvalue weighted by molar-refractivity contribution is 0.104. The maximum absolute atomic E-state index is 9.71. The van der Waals surface area contributed by atoms with Crippen LogP contribution in [0.15, 0.2) is 24.3 Å². The number of hydrogen-bond donors (Lipinski definition) is 3. The Balaban J connectivity index is 2.10. The van der Waals surface area contributed by atoms with E-state index in [-0.39, 0.29) is 12.7 Å². The van der Waals surface area contributed by atoms with Crippen molar-refractivity contribution in [2.45, 2.75) is 32.0 Å². The van der Waals surface area contributed by atoms with Crippen molar-refractivity contribution in [2.24, 2.45) is 0 Å². The molecule has 4 nitrogen and oxygen atoms in total. The van der Waals surface area contributed by atoms with E-state index in [4.69, 9.17) is 16.3 Å². The highest BCUT2D eigenvalue weighted by Gasteiger charge is 2.06. The zero-order chi connectivity index (χ0) is 14.1.